The van der Waals surface area contributed by atoms with Crippen molar-refractivity contribution in [2.45, 2.75) is 63.5 Å². The van der Waals surface area contributed by atoms with Crippen molar-refractivity contribution in [3.8, 4) is 11.1 Å². The molecule has 1 atom stereocenters. The Morgan fingerprint density at radius 3 is 2.24 bits per heavy atom. The van der Waals surface area contributed by atoms with Gasteiger partial charge in [0.2, 0.25) is 5.91 Å². The normalized spacial score (nSPS) is 19.3. The molecule has 34 heavy (non-hydrogen) atoms. The highest BCUT2D eigenvalue weighted by Crippen LogP contribution is 2.44. The standard InChI is InChI=1S/C27H32N2O5/c1-2-3-8-18(15-25(30)31)28-26(32)17-13-19(14-17)29-27(33)34-16-24-22-11-6-4-9-20(22)21-10-5-7-12-23(21)24/h4-7,9-12,17-19,24H,2-3,8,13-16H2,1H3,(H,28,32)(H,29,33)(H,30,31)/t17?,18-,19?/m1/s1. The summed E-state index contributed by atoms with van der Waals surface area (Å²) in [5.41, 5.74) is 4.69. The molecule has 0 heterocycles. The highest BCUT2D eigenvalue weighted by atomic mass is 16.5. The first kappa shape index (κ1) is 23.8. The molecule has 0 saturated heterocycles. The molecule has 4 rings (SSSR count). The lowest BCUT2D eigenvalue weighted by Gasteiger charge is -2.35. The number of amides is 2. The first-order valence-corrected chi connectivity index (χ1v) is 12.1. The van der Waals surface area contributed by atoms with Gasteiger partial charge in [0, 0.05) is 23.9 Å². The number of rotatable bonds is 10. The van der Waals surface area contributed by atoms with Crippen molar-refractivity contribution in [2.75, 3.05) is 6.61 Å². The second-order valence-electron chi connectivity index (χ2n) is 9.28. The van der Waals surface area contributed by atoms with Crippen LogP contribution in [0.15, 0.2) is 48.5 Å². The van der Waals surface area contributed by atoms with Crippen LogP contribution in [0, 0.1) is 5.92 Å². The zero-order valence-corrected chi connectivity index (χ0v) is 19.5. The fourth-order valence-electron chi connectivity index (χ4n) is 4.96. The molecule has 1 saturated carbocycles. The molecule has 3 N–H and O–H groups in total. The molecule has 0 aromatic heterocycles. The summed E-state index contributed by atoms with van der Waals surface area (Å²) in [6, 6.07) is 15.9. The van der Waals surface area contributed by atoms with E-state index in [4.69, 9.17) is 9.84 Å². The SMILES string of the molecule is CCCC[C@H](CC(=O)O)NC(=O)C1CC(NC(=O)OCC2c3ccccc3-c3ccccc32)C1. The van der Waals surface area contributed by atoms with Gasteiger partial charge in [-0.25, -0.2) is 4.79 Å². The molecule has 1 fully saturated rings. The number of unbranched alkanes of at least 4 members (excludes halogenated alkanes) is 1. The van der Waals surface area contributed by atoms with Crippen molar-refractivity contribution in [1.82, 2.24) is 10.6 Å². The van der Waals surface area contributed by atoms with Gasteiger partial charge in [-0.2, -0.15) is 0 Å². The third kappa shape index (κ3) is 5.41. The Kier molecular flexibility index (Phi) is 7.50. The number of hydrogen-bond acceptors (Lipinski definition) is 4. The van der Waals surface area contributed by atoms with E-state index in [0.717, 1.165) is 24.0 Å². The molecule has 0 radical (unpaired) electrons. The van der Waals surface area contributed by atoms with Gasteiger partial charge in [-0.1, -0.05) is 68.3 Å². The van der Waals surface area contributed by atoms with E-state index in [-0.39, 0.29) is 42.9 Å². The first-order valence-electron chi connectivity index (χ1n) is 12.1. The smallest absolute Gasteiger partial charge is 0.407 e. The molecule has 2 aliphatic carbocycles. The molecule has 2 amide bonds. The molecule has 2 aromatic carbocycles. The van der Waals surface area contributed by atoms with Gasteiger partial charge in [0.25, 0.3) is 0 Å². The van der Waals surface area contributed by atoms with Crippen LogP contribution in [-0.2, 0) is 14.3 Å². The topological polar surface area (TPSA) is 105 Å². The summed E-state index contributed by atoms with van der Waals surface area (Å²) in [5, 5.41) is 14.8. The van der Waals surface area contributed by atoms with Crippen molar-refractivity contribution in [3.05, 3.63) is 59.7 Å². The number of hydrogen-bond donors (Lipinski definition) is 3. The number of aliphatic carboxylic acids is 1. The van der Waals surface area contributed by atoms with Gasteiger partial charge >= 0.3 is 12.1 Å². The number of benzene rings is 2. The van der Waals surface area contributed by atoms with Gasteiger partial charge in [0.05, 0.1) is 6.42 Å². The predicted octanol–water partition coefficient (Wildman–Crippen LogP) is 4.45. The minimum Gasteiger partial charge on any atom is -0.481 e. The van der Waals surface area contributed by atoms with Crippen LogP contribution >= 0.6 is 0 Å². The van der Waals surface area contributed by atoms with Gasteiger partial charge in [0.1, 0.15) is 6.61 Å². The zero-order chi connectivity index (χ0) is 24.1. The summed E-state index contributed by atoms with van der Waals surface area (Å²) in [7, 11) is 0. The van der Waals surface area contributed by atoms with Crippen molar-refractivity contribution in [3.63, 3.8) is 0 Å². The lowest BCUT2D eigenvalue weighted by molar-refractivity contribution is -0.138. The Balaban J connectivity index is 1.23. The van der Waals surface area contributed by atoms with E-state index in [2.05, 4.69) is 34.9 Å². The second-order valence-corrected chi connectivity index (χ2v) is 9.28. The van der Waals surface area contributed by atoms with Crippen LogP contribution in [0.5, 0.6) is 0 Å². The maximum absolute atomic E-state index is 12.5. The van der Waals surface area contributed by atoms with Crippen LogP contribution in [0.3, 0.4) is 0 Å². The third-order valence-corrected chi connectivity index (χ3v) is 6.85. The van der Waals surface area contributed by atoms with Crippen molar-refractivity contribution in [2.24, 2.45) is 5.92 Å². The molecule has 0 unspecified atom stereocenters. The van der Waals surface area contributed by atoms with E-state index in [1.54, 1.807) is 0 Å². The number of carbonyl (C=O) groups excluding carboxylic acids is 2. The van der Waals surface area contributed by atoms with E-state index in [9.17, 15) is 14.4 Å². The molecule has 0 aliphatic heterocycles. The number of carboxylic acids is 1. The molecule has 2 aromatic rings. The van der Waals surface area contributed by atoms with Gasteiger partial charge in [-0.3, -0.25) is 9.59 Å². The summed E-state index contributed by atoms with van der Waals surface area (Å²) >= 11 is 0. The highest BCUT2D eigenvalue weighted by molar-refractivity contribution is 5.81. The molecule has 2 aliphatic rings. The highest BCUT2D eigenvalue weighted by Gasteiger charge is 2.37. The quantitative estimate of drug-likeness (QED) is 0.482. The maximum atomic E-state index is 12.5. The fourth-order valence-corrected chi connectivity index (χ4v) is 4.96. The predicted molar refractivity (Wildman–Crippen MR) is 128 cm³/mol. The number of fused-ring (bicyclic) bond motifs is 3. The molecule has 0 bridgehead atoms. The third-order valence-electron chi connectivity index (χ3n) is 6.85. The Labute approximate surface area is 199 Å². The van der Waals surface area contributed by atoms with Gasteiger partial charge in [-0.15, -0.1) is 0 Å². The van der Waals surface area contributed by atoms with Gasteiger partial charge in [-0.05, 0) is 41.5 Å². The lowest BCUT2D eigenvalue weighted by atomic mass is 9.79. The Bertz CT molecular complexity index is 1000. The second kappa shape index (κ2) is 10.7. The Morgan fingerprint density at radius 1 is 1.03 bits per heavy atom. The molecular weight excluding hydrogens is 432 g/mol. The van der Waals surface area contributed by atoms with Crippen LogP contribution < -0.4 is 10.6 Å². The largest absolute Gasteiger partial charge is 0.481 e. The van der Waals surface area contributed by atoms with E-state index in [1.807, 2.05) is 31.2 Å². The minimum absolute atomic E-state index is 0.00681. The number of carboxylic acid groups (broad SMARTS) is 1. The van der Waals surface area contributed by atoms with E-state index in [0.29, 0.717) is 19.3 Å². The zero-order valence-electron chi connectivity index (χ0n) is 19.5. The summed E-state index contributed by atoms with van der Waals surface area (Å²) < 4.78 is 5.58. The number of alkyl carbamates (subject to hydrolysis) is 1. The lowest BCUT2D eigenvalue weighted by Crippen LogP contribution is -2.51. The average Bonchev–Trinajstić information content (AvgIpc) is 3.11. The van der Waals surface area contributed by atoms with E-state index in [1.165, 1.54) is 11.1 Å². The molecule has 180 valence electrons. The average molecular weight is 465 g/mol. The molecular formula is C27H32N2O5. The van der Waals surface area contributed by atoms with Crippen LogP contribution in [0.25, 0.3) is 11.1 Å². The van der Waals surface area contributed by atoms with Crippen molar-refractivity contribution in [1.29, 1.82) is 0 Å². The van der Waals surface area contributed by atoms with Crippen LogP contribution in [0.1, 0.15) is 62.5 Å². The number of carbonyl (C=O) groups is 3. The summed E-state index contributed by atoms with van der Waals surface area (Å²) in [6.07, 6.45) is 2.99. The first-order chi connectivity index (χ1) is 16.5. The molecule has 7 nitrogen and oxygen atoms in total. The number of ether oxygens (including phenoxy) is 1. The Hall–Kier alpha value is -3.35. The monoisotopic (exact) mass is 464 g/mol. The number of nitrogens with one attached hydrogen (secondary N) is 2. The Morgan fingerprint density at radius 2 is 1.65 bits per heavy atom. The molecule has 7 heteroatoms. The molecule has 0 spiro atoms. The summed E-state index contributed by atoms with van der Waals surface area (Å²) in [5.74, 6) is -1.25. The summed E-state index contributed by atoms with van der Waals surface area (Å²) in [4.78, 5) is 36.0. The van der Waals surface area contributed by atoms with Crippen LogP contribution in [-0.4, -0.2) is 41.8 Å². The minimum atomic E-state index is -0.912. The van der Waals surface area contributed by atoms with E-state index < -0.39 is 12.1 Å². The van der Waals surface area contributed by atoms with E-state index >= 15 is 0 Å². The summed E-state index contributed by atoms with van der Waals surface area (Å²) in [6.45, 7) is 2.29. The van der Waals surface area contributed by atoms with Crippen LogP contribution in [0.2, 0.25) is 0 Å². The van der Waals surface area contributed by atoms with Crippen LogP contribution in [0.4, 0.5) is 4.79 Å². The van der Waals surface area contributed by atoms with Crippen molar-refractivity contribution < 1.29 is 24.2 Å². The van der Waals surface area contributed by atoms with Gasteiger partial charge in [0.15, 0.2) is 0 Å². The van der Waals surface area contributed by atoms with Gasteiger partial charge < -0.3 is 20.5 Å². The van der Waals surface area contributed by atoms with Crippen molar-refractivity contribution >= 4 is 18.0 Å². The maximum Gasteiger partial charge on any atom is 0.407 e. The fraction of sp³-hybridized carbons (Fsp3) is 0.444.